The maximum Gasteiger partial charge on any atom is 0.322 e. The Balaban J connectivity index is 1.08. The summed E-state index contributed by atoms with van der Waals surface area (Å²) >= 11 is 7.35. The number of nitrogens with one attached hydrogen (secondary N) is 2. The lowest BCUT2D eigenvalue weighted by Crippen LogP contribution is -2.48. The van der Waals surface area contributed by atoms with Gasteiger partial charge in [0.25, 0.3) is 0 Å². The summed E-state index contributed by atoms with van der Waals surface area (Å²) in [6.45, 7) is 0.363. The second kappa shape index (κ2) is 9.01. The molecule has 2 N–H and O–H groups in total. The van der Waals surface area contributed by atoms with E-state index in [1.165, 1.54) is 66.3 Å². The Morgan fingerprint density at radius 2 is 1.77 bits per heavy atom. The van der Waals surface area contributed by atoms with Gasteiger partial charge in [-0.05, 0) is 105 Å². The molecule has 1 unspecified atom stereocenters. The second-order valence-electron chi connectivity index (χ2n) is 11.1. The molecule has 10 heteroatoms. The number of benzene rings is 1. The van der Waals surface area contributed by atoms with Gasteiger partial charge in [-0.2, -0.15) is 4.31 Å². The smallest absolute Gasteiger partial charge is 0.321 e. The molecule has 4 bridgehead atoms. The number of rotatable bonds is 6. The van der Waals surface area contributed by atoms with E-state index < -0.39 is 22.2 Å². The van der Waals surface area contributed by atoms with Crippen molar-refractivity contribution in [2.75, 3.05) is 11.9 Å². The van der Waals surface area contributed by atoms with Crippen LogP contribution in [0.25, 0.3) is 0 Å². The Bertz CT molecular complexity index is 1180. The van der Waals surface area contributed by atoms with Crippen LogP contribution in [0.15, 0.2) is 34.5 Å². The third-order valence-electron chi connectivity index (χ3n) is 8.42. The van der Waals surface area contributed by atoms with E-state index >= 15 is 0 Å². The Kier molecular flexibility index (Phi) is 6.10. The van der Waals surface area contributed by atoms with Crippen molar-refractivity contribution in [1.29, 1.82) is 0 Å². The number of hydrogen-bond acceptors (Lipinski definition) is 5. The van der Waals surface area contributed by atoms with E-state index in [0.29, 0.717) is 35.0 Å². The van der Waals surface area contributed by atoms with Crippen LogP contribution in [0.1, 0.15) is 57.1 Å². The molecule has 5 aliphatic rings. The molecule has 188 valence electrons. The first-order valence-electron chi connectivity index (χ1n) is 12.6. The molecule has 1 aromatic heterocycles. The zero-order valence-electron chi connectivity index (χ0n) is 19.6. The molecule has 2 heterocycles. The van der Waals surface area contributed by atoms with Crippen LogP contribution in [0, 0.1) is 23.2 Å². The normalized spacial score (nSPS) is 32.1. The lowest BCUT2D eigenvalue weighted by molar-refractivity contribution is -0.0525. The third-order valence-corrected chi connectivity index (χ3v) is 11.4. The fourth-order valence-corrected chi connectivity index (χ4v) is 9.98. The maximum atomic E-state index is 13.1. The first kappa shape index (κ1) is 23.7. The highest BCUT2D eigenvalue weighted by Gasteiger charge is 2.50. The summed E-state index contributed by atoms with van der Waals surface area (Å²) in [6.07, 6.45) is 9.94. The van der Waals surface area contributed by atoms with E-state index in [0.717, 1.165) is 29.9 Å². The minimum atomic E-state index is -3.73. The van der Waals surface area contributed by atoms with E-state index in [9.17, 15) is 13.2 Å². The number of nitrogens with zero attached hydrogens (tertiary/aromatic N) is 2. The predicted molar refractivity (Wildman–Crippen MR) is 137 cm³/mol. The van der Waals surface area contributed by atoms with Crippen molar-refractivity contribution in [2.45, 2.75) is 68.8 Å². The van der Waals surface area contributed by atoms with Crippen LogP contribution >= 0.6 is 22.9 Å². The quantitative estimate of drug-likeness (QED) is 0.512. The average molecular weight is 535 g/mol. The number of urea groups is 1. The van der Waals surface area contributed by atoms with Gasteiger partial charge in [0.2, 0.25) is 10.0 Å². The van der Waals surface area contributed by atoms with Crippen molar-refractivity contribution in [2.24, 2.45) is 23.2 Å². The summed E-state index contributed by atoms with van der Waals surface area (Å²) in [4.78, 5) is 17.6. The van der Waals surface area contributed by atoms with Crippen molar-refractivity contribution in [3.8, 4) is 0 Å². The lowest BCUT2D eigenvalue weighted by atomic mass is 9.48. The zero-order chi connectivity index (χ0) is 24.2. The van der Waals surface area contributed by atoms with Crippen molar-refractivity contribution in [1.82, 2.24) is 14.6 Å². The van der Waals surface area contributed by atoms with Crippen LogP contribution in [0.3, 0.4) is 0 Å². The lowest BCUT2D eigenvalue weighted by Gasteiger charge is -2.56. The fourth-order valence-electron chi connectivity index (χ4n) is 7.53. The van der Waals surface area contributed by atoms with Gasteiger partial charge in [-0.3, -0.25) is 5.32 Å². The van der Waals surface area contributed by atoms with Gasteiger partial charge in [0.05, 0.1) is 16.8 Å². The summed E-state index contributed by atoms with van der Waals surface area (Å²) in [6, 6.07) is 5.68. The van der Waals surface area contributed by atoms with Crippen molar-refractivity contribution in [3.05, 3.63) is 40.4 Å². The van der Waals surface area contributed by atoms with Crippen LogP contribution in [0.4, 0.5) is 9.93 Å². The van der Waals surface area contributed by atoms with Gasteiger partial charge in [-0.1, -0.05) is 11.6 Å². The second-order valence-corrected chi connectivity index (χ2v) is 14.2. The number of carbonyl (C=O) groups excluding carboxylic acids is 1. The van der Waals surface area contributed by atoms with Gasteiger partial charge in [0, 0.05) is 16.9 Å². The van der Waals surface area contributed by atoms with Crippen LogP contribution in [-0.2, 0) is 16.4 Å². The first-order chi connectivity index (χ1) is 16.8. The van der Waals surface area contributed by atoms with Gasteiger partial charge >= 0.3 is 6.03 Å². The molecular weight excluding hydrogens is 504 g/mol. The summed E-state index contributed by atoms with van der Waals surface area (Å²) < 4.78 is 27.6. The van der Waals surface area contributed by atoms with E-state index in [1.54, 1.807) is 12.1 Å². The Hall–Kier alpha value is -1.68. The Labute approximate surface area is 215 Å². The number of carbonyl (C=O) groups is 1. The molecule has 4 aliphatic carbocycles. The number of halogens is 1. The minimum absolute atomic E-state index is 0.172. The topological polar surface area (TPSA) is 91.4 Å². The molecule has 0 radical (unpaired) electrons. The summed E-state index contributed by atoms with van der Waals surface area (Å²) in [5.41, 5.74) is 1.47. The number of amides is 2. The number of sulfonamides is 1. The minimum Gasteiger partial charge on any atom is -0.321 e. The first-order valence-corrected chi connectivity index (χ1v) is 15.3. The molecule has 2 amide bonds. The van der Waals surface area contributed by atoms with Crippen molar-refractivity contribution in [3.63, 3.8) is 0 Å². The Morgan fingerprint density at radius 3 is 2.43 bits per heavy atom. The van der Waals surface area contributed by atoms with Gasteiger partial charge in [0.1, 0.15) is 0 Å². The monoisotopic (exact) mass is 534 g/mol. The summed E-state index contributed by atoms with van der Waals surface area (Å²) in [5, 5.41) is 8.78. The van der Waals surface area contributed by atoms with E-state index in [2.05, 4.69) is 16.0 Å². The molecule has 0 spiro atoms. The molecule has 7 nitrogen and oxygen atoms in total. The molecule has 1 atom stereocenters. The average Bonchev–Trinajstić information content (AvgIpc) is 3.42. The SMILES string of the molecule is O=C(Nc1nc(CC23CC4CC(CC(C4)C2)C3)cs1)NC1CCCN1S(=O)(=O)c1ccc(Cl)cc1. The third kappa shape index (κ3) is 4.72. The molecule has 1 aromatic carbocycles. The summed E-state index contributed by atoms with van der Waals surface area (Å²) in [7, 11) is -3.73. The van der Waals surface area contributed by atoms with Crippen LogP contribution in [-0.4, -0.2) is 36.4 Å². The standard InChI is InChI=1S/C25H31ClN4O3S2/c26-19-3-5-21(6-4-19)35(32,33)30-7-1-2-22(30)28-23(31)29-24-27-20(15-34-24)14-25-11-16-8-17(12-25)10-18(9-16)13-25/h3-6,15-18,22H,1-2,7-14H2,(H2,27,28,29,31). The number of anilines is 1. The Morgan fingerprint density at radius 1 is 1.11 bits per heavy atom. The molecule has 2 aromatic rings. The highest BCUT2D eigenvalue weighted by molar-refractivity contribution is 7.89. The molecule has 7 rings (SSSR count). The molecule has 1 saturated heterocycles. The zero-order valence-corrected chi connectivity index (χ0v) is 22.0. The van der Waals surface area contributed by atoms with Gasteiger partial charge in [-0.15, -0.1) is 11.3 Å². The predicted octanol–water partition coefficient (Wildman–Crippen LogP) is 5.49. The van der Waals surface area contributed by atoms with Crippen molar-refractivity contribution >= 4 is 44.1 Å². The molecule has 35 heavy (non-hydrogen) atoms. The number of hydrogen-bond donors (Lipinski definition) is 2. The highest BCUT2D eigenvalue weighted by atomic mass is 35.5. The van der Waals surface area contributed by atoms with E-state index in [-0.39, 0.29) is 4.90 Å². The molecule has 4 saturated carbocycles. The maximum absolute atomic E-state index is 13.1. The van der Waals surface area contributed by atoms with Crippen LogP contribution in [0.5, 0.6) is 0 Å². The summed E-state index contributed by atoms with van der Waals surface area (Å²) in [5.74, 6) is 2.71. The number of thiazole rings is 1. The van der Waals surface area contributed by atoms with E-state index in [1.807, 2.05) is 0 Å². The van der Waals surface area contributed by atoms with Gasteiger partial charge in [-0.25, -0.2) is 18.2 Å². The molecule has 1 aliphatic heterocycles. The largest absolute Gasteiger partial charge is 0.322 e. The van der Waals surface area contributed by atoms with Crippen molar-refractivity contribution < 1.29 is 13.2 Å². The van der Waals surface area contributed by atoms with Crippen LogP contribution in [0.2, 0.25) is 5.02 Å². The highest BCUT2D eigenvalue weighted by Crippen LogP contribution is 2.61. The van der Waals surface area contributed by atoms with Gasteiger partial charge < -0.3 is 5.32 Å². The fraction of sp³-hybridized carbons (Fsp3) is 0.600. The van der Waals surface area contributed by atoms with E-state index in [4.69, 9.17) is 16.6 Å². The van der Waals surface area contributed by atoms with Crippen LogP contribution < -0.4 is 10.6 Å². The van der Waals surface area contributed by atoms with Gasteiger partial charge in [0.15, 0.2) is 5.13 Å². The number of aromatic nitrogens is 1. The molecule has 5 fully saturated rings. The molecular formula is C25H31ClN4O3S2.